The summed E-state index contributed by atoms with van der Waals surface area (Å²) in [4.78, 5) is 29.6. The number of primary amides is 1. The summed E-state index contributed by atoms with van der Waals surface area (Å²) < 4.78 is 7.12. The molecule has 3 aromatic carbocycles. The monoisotopic (exact) mass is 498 g/mol. The first-order chi connectivity index (χ1) is 17.5. The van der Waals surface area contributed by atoms with Gasteiger partial charge in [-0.15, -0.1) is 10.2 Å². The minimum Gasteiger partial charge on any atom is -0.497 e. The Bertz CT molecular complexity index is 1550. The molecule has 9 nitrogen and oxygen atoms in total. The second-order valence-electron chi connectivity index (χ2n) is 7.92. The molecule has 0 radical (unpaired) electrons. The zero-order valence-electron chi connectivity index (χ0n) is 19.3. The van der Waals surface area contributed by atoms with Gasteiger partial charge in [-0.3, -0.25) is 14.0 Å². The topological polar surface area (TPSA) is 124 Å². The van der Waals surface area contributed by atoms with Crippen molar-refractivity contribution < 1.29 is 14.3 Å². The Morgan fingerprint density at radius 3 is 2.44 bits per heavy atom. The summed E-state index contributed by atoms with van der Waals surface area (Å²) >= 11 is 1.20. The maximum absolute atomic E-state index is 12.8. The predicted octanol–water partition coefficient (Wildman–Crippen LogP) is 3.39. The number of methoxy groups -OCH3 is 1. The number of para-hydroxylation sites is 1. The van der Waals surface area contributed by atoms with E-state index in [0.717, 1.165) is 22.2 Å². The molecule has 1 atom stereocenters. The normalized spacial score (nSPS) is 11.9. The van der Waals surface area contributed by atoms with E-state index < -0.39 is 11.9 Å². The van der Waals surface area contributed by atoms with Gasteiger partial charge in [0.05, 0.1) is 18.4 Å². The molecule has 5 rings (SSSR count). The second kappa shape index (κ2) is 10.0. The number of fused-ring (bicyclic) bond motifs is 3. The number of ether oxygens (including phenoxy) is 1. The van der Waals surface area contributed by atoms with E-state index in [1.54, 1.807) is 31.4 Å². The molecule has 0 aliphatic heterocycles. The molecule has 0 saturated carbocycles. The third-order valence-electron chi connectivity index (χ3n) is 5.62. The summed E-state index contributed by atoms with van der Waals surface area (Å²) in [5.74, 6) is 0.382. The van der Waals surface area contributed by atoms with Crippen LogP contribution in [0, 0.1) is 0 Å². The van der Waals surface area contributed by atoms with E-state index in [1.807, 2.05) is 59.0 Å². The van der Waals surface area contributed by atoms with Crippen LogP contribution < -0.4 is 15.8 Å². The van der Waals surface area contributed by atoms with Crippen molar-refractivity contribution in [3.05, 3.63) is 84.4 Å². The molecule has 0 spiro atoms. The molecule has 2 amide bonds. The van der Waals surface area contributed by atoms with Gasteiger partial charge in [0.2, 0.25) is 11.8 Å². The Labute approximate surface area is 210 Å². The van der Waals surface area contributed by atoms with Crippen LogP contribution in [0.15, 0.2) is 84.0 Å². The predicted molar refractivity (Wildman–Crippen MR) is 138 cm³/mol. The Balaban J connectivity index is 1.47. The van der Waals surface area contributed by atoms with Gasteiger partial charge in [0.25, 0.3) is 0 Å². The van der Waals surface area contributed by atoms with Gasteiger partial charge < -0.3 is 15.8 Å². The highest BCUT2D eigenvalue weighted by Gasteiger charge is 2.22. The molecule has 0 fully saturated rings. The van der Waals surface area contributed by atoms with Gasteiger partial charge in [-0.1, -0.05) is 54.2 Å². The highest BCUT2D eigenvalue weighted by Crippen LogP contribution is 2.30. The van der Waals surface area contributed by atoms with E-state index >= 15 is 0 Å². The molecule has 0 bridgehead atoms. The third-order valence-corrected chi connectivity index (χ3v) is 6.55. The molecule has 180 valence electrons. The SMILES string of the molecule is COc1ccc(-c2nc3ccccc3c3nnc(SCC(=O)NC(C(N)=O)c4ccccc4)n23)cc1. The largest absolute Gasteiger partial charge is 0.497 e. The fourth-order valence-electron chi connectivity index (χ4n) is 3.88. The van der Waals surface area contributed by atoms with Gasteiger partial charge in [-0.05, 0) is 42.0 Å². The molecule has 10 heteroatoms. The minimum atomic E-state index is -0.921. The van der Waals surface area contributed by atoms with Crippen LogP contribution in [0.5, 0.6) is 5.75 Å². The van der Waals surface area contributed by atoms with Crippen LogP contribution in [0.3, 0.4) is 0 Å². The number of carbonyl (C=O) groups excluding carboxylic acids is 2. The molecule has 3 N–H and O–H groups in total. The minimum absolute atomic E-state index is 0.00624. The zero-order valence-corrected chi connectivity index (χ0v) is 20.1. The van der Waals surface area contributed by atoms with Crippen molar-refractivity contribution in [2.75, 3.05) is 12.9 Å². The zero-order chi connectivity index (χ0) is 25.1. The molecule has 0 saturated heterocycles. The van der Waals surface area contributed by atoms with Gasteiger partial charge in [0.1, 0.15) is 17.6 Å². The van der Waals surface area contributed by atoms with Gasteiger partial charge in [0, 0.05) is 10.9 Å². The van der Waals surface area contributed by atoms with Crippen LogP contribution in [0.1, 0.15) is 11.6 Å². The summed E-state index contributed by atoms with van der Waals surface area (Å²) in [7, 11) is 1.61. The average molecular weight is 499 g/mol. The summed E-state index contributed by atoms with van der Waals surface area (Å²) in [6, 6.07) is 23.2. The quantitative estimate of drug-likeness (QED) is 0.314. The Hall–Kier alpha value is -4.44. The van der Waals surface area contributed by atoms with Gasteiger partial charge in [-0.25, -0.2) is 4.98 Å². The first-order valence-corrected chi connectivity index (χ1v) is 12.1. The molecular formula is C26H22N6O3S. The fraction of sp³-hybridized carbons (Fsp3) is 0.115. The molecule has 1 unspecified atom stereocenters. The van der Waals surface area contributed by atoms with Crippen LogP contribution in [-0.2, 0) is 9.59 Å². The second-order valence-corrected chi connectivity index (χ2v) is 8.87. The maximum atomic E-state index is 12.8. The smallest absolute Gasteiger partial charge is 0.244 e. The Kier molecular flexibility index (Phi) is 6.50. The lowest BCUT2D eigenvalue weighted by atomic mass is 10.1. The lowest BCUT2D eigenvalue weighted by molar-refractivity contribution is -0.126. The summed E-state index contributed by atoms with van der Waals surface area (Å²) in [6.45, 7) is 0. The highest BCUT2D eigenvalue weighted by molar-refractivity contribution is 7.99. The summed E-state index contributed by atoms with van der Waals surface area (Å²) in [6.07, 6.45) is 0. The summed E-state index contributed by atoms with van der Waals surface area (Å²) in [5, 5.41) is 12.8. The first kappa shape index (κ1) is 23.3. The first-order valence-electron chi connectivity index (χ1n) is 11.1. The van der Waals surface area contributed by atoms with Crippen LogP contribution >= 0.6 is 11.8 Å². The van der Waals surface area contributed by atoms with Crippen molar-refractivity contribution in [2.24, 2.45) is 5.73 Å². The summed E-state index contributed by atoms with van der Waals surface area (Å²) in [5.41, 5.74) is 8.41. The lowest BCUT2D eigenvalue weighted by Gasteiger charge is -2.15. The number of aromatic nitrogens is 4. The van der Waals surface area contributed by atoms with Crippen molar-refractivity contribution in [3.8, 4) is 17.1 Å². The molecule has 36 heavy (non-hydrogen) atoms. The van der Waals surface area contributed by atoms with Crippen LogP contribution in [0.4, 0.5) is 0 Å². The van der Waals surface area contributed by atoms with Gasteiger partial charge >= 0.3 is 0 Å². The van der Waals surface area contributed by atoms with Crippen LogP contribution in [0.25, 0.3) is 27.9 Å². The number of nitrogens with zero attached hydrogens (tertiary/aromatic N) is 4. The lowest BCUT2D eigenvalue weighted by Crippen LogP contribution is -2.38. The number of nitrogens with one attached hydrogen (secondary N) is 1. The van der Waals surface area contributed by atoms with E-state index in [4.69, 9.17) is 15.5 Å². The number of rotatable bonds is 8. The van der Waals surface area contributed by atoms with Gasteiger partial charge in [-0.2, -0.15) is 0 Å². The maximum Gasteiger partial charge on any atom is 0.244 e. The van der Waals surface area contributed by atoms with Crippen LogP contribution in [0.2, 0.25) is 0 Å². The number of carbonyl (C=O) groups is 2. The molecular weight excluding hydrogens is 476 g/mol. The average Bonchev–Trinajstić information content (AvgIpc) is 3.35. The standard InChI is InChI=1S/C26H22N6O3S/c1-35-18-13-11-17(12-14-18)24-28-20-10-6-5-9-19(20)25-30-31-26(32(24)25)36-15-21(33)29-22(23(27)34)16-7-3-2-4-8-16/h2-14,22H,15H2,1H3,(H2,27,34)(H,29,33). The van der Waals surface area contributed by atoms with Crippen molar-refractivity contribution in [1.82, 2.24) is 24.9 Å². The van der Waals surface area contributed by atoms with E-state index in [-0.39, 0.29) is 11.7 Å². The van der Waals surface area contributed by atoms with E-state index in [0.29, 0.717) is 22.2 Å². The van der Waals surface area contributed by atoms with E-state index in [2.05, 4.69) is 15.5 Å². The van der Waals surface area contributed by atoms with E-state index in [9.17, 15) is 9.59 Å². The van der Waals surface area contributed by atoms with E-state index in [1.165, 1.54) is 11.8 Å². The molecule has 0 aliphatic carbocycles. The third kappa shape index (κ3) is 4.58. The Morgan fingerprint density at radius 1 is 1.00 bits per heavy atom. The molecule has 0 aliphatic rings. The number of thioether (sulfide) groups is 1. The Morgan fingerprint density at radius 2 is 1.72 bits per heavy atom. The highest BCUT2D eigenvalue weighted by atomic mass is 32.2. The van der Waals surface area contributed by atoms with Crippen molar-refractivity contribution in [1.29, 1.82) is 0 Å². The molecule has 2 aromatic heterocycles. The number of benzene rings is 3. The van der Waals surface area contributed by atoms with Gasteiger partial charge in [0.15, 0.2) is 10.8 Å². The number of amides is 2. The molecule has 5 aromatic rings. The number of hydrogen-bond donors (Lipinski definition) is 2. The van der Waals surface area contributed by atoms with Crippen molar-refractivity contribution in [3.63, 3.8) is 0 Å². The van der Waals surface area contributed by atoms with Crippen molar-refractivity contribution >= 4 is 40.1 Å². The number of nitrogens with two attached hydrogens (primary N) is 1. The van der Waals surface area contributed by atoms with Crippen LogP contribution in [-0.4, -0.2) is 44.3 Å². The fourth-order valence-corrected chi connectivity index (χ4v) is 4.63. The number of hydrogen-bond acceptors (Lipinski definition) is 7. The molecule has 2 heterocycles. The van der Waals surface area contributed by atoms with Crippen molar-refractivity contribution in [2.45, 2.75) is 11.2 Å².